The van der Waals surface area contributed by atoms with Crippen LogP contribution in [0.2, 0.25) is 0 Å². The molecule has 6 nitrogen and oxygen atoms in total. The number of ether oxygens (including phenoxy) is 2. The SMILES string of the molecule is C=CC(=O)OCCOC(=O)/C=C(/C)C(=O)O. The Balaban J connectivity index is 3.83. The molecule has 88 valence electrons. The van der Waals surface area contributed by atoms with Gasteiger partial charge in [-0.05, 0) is 6.92 Å². The molecule has 0 heterocycles. The first kappa shape index (κ1) is 13.9. The van der Waals surface area contributed by atoms with Gasteiger partial charge in [-0.2, -0.15) is 0 Å². The molecule has 0 spiro atoms. The van der Waals surface area contributed by atoms with Gasteiger partial charge < -0.3 is 14.6 Å². The van der Waals surface area contributed by atoms with Crippen molar-refractivity contribution in [3.63, 3.8) is 0 Å². The van der Waals surface area contributed by atoms with Gasteiger partial charge in [-0.15, -0.1) is 0 Å². The van der Waals surface area contributed by atoms with E-state index in [4.69, 9.17) is 5.11 Å². The van der Waals surface area contributed by atoms with Crippen LogP contribution < -0.4 is 0 Å². The van der Waals surface area contributed by atoms with E-state index in [1.807, 2.05) is 0 Å². The number of carboxylic acid groups (broad SMARTS) is 1. The van der Waals surface area contributed by atoms with Crippen molar-refractivity contribution in [3.05, 3.63) is 24.3 Å². The van der Waals surface area contributed by atoms with Crippen molar-refractivity contribution in [3.8, 4) is 0 Å². The van der Waals surface area contributed by atoms with E-state index in [9.17, 15) is 14.4 Å². The van der Waals surface area contributed by atoms with Crippen LogP contribution in [0, 0.1) is 0 Å². The average Bonchev–Trinajstić information content (AvgIpc) is 2.23. The zero-order valence-electron chi connectivity index (χ0n) is 8.76. The summed E-state index contributed by atoms with van der Waals surface area (Å²) >= 11 is 0. The summed E-state index contributed by atoms with van der Waals surface area (Å²) in [4.78, 5) is 31.8. The lowest BCUT2D eigenvalue weighted by atomic mass is 10.3. The van der Waals surface area contributed by atoms with Gasteiger partial charge in [-0.3, -0.25) is 0 Å². The molecule has 0 aromatic heterocycles. The first-order chi connectivity index (χ1) is 7.47. The molecule has 0 aromatic rings. The van der Waals surface area contributed by atoms with Crippen LogP contribution in [0.1, 0.15) is 6.92 Å². The van der Waals surface area contributed by atoms with Crippen LogP contribution in [0.4, 0.5) is 0 Å². The van der Waals surface area contributed by atoms with Gasteiger partial charge in [0.2, 0.25) is 0 Å². The highest BCUT2D eigenvalue weighted by atomic mass is 16.6. The first-order valence-corrected chi connectivity index (χ1v) is 4.35. The van der Waals surface area contributed by atoms with E-state index in [-0.39, 0.29) is 18.8 Å². The van der Waals surface area contributed by atoms with E-state index in [1.54, 1.807) is 0 Å². The topological polar surface area (TPSA) is 89.9 Å². The van der Waals surface area contributed by atoms with Crippen LogP contribution in [-0.4, -0.2) is 36.2 Å². The van der Waals surface area contributed by atoms with Crippen LogP contribution in [0.25, 0.3) is 0 Å². The number of carboxylic acids is 1. The van der Waals surface area contributed by atoms with Crippen molar-refractivity contribution >= 4 is 17.9 Å². The predicted molar refractivity (Wildman–Crippen MR) is 53.5 cm³/mol. The highest BCUT2D eigenvalue weighted by Crippen LogP contribution is 1.93. The minimum Gasteiger partial charge on any atom is -0.478 e. The molecule has 0 bridgehead atoms. The molecule has 0 aliphatic rings. The van der Waals surface area contributed by atoms with Crippen molar-refractivity contribution in [1.29, 1.82) is 0 Å². The van der Waals surface area contributed by atoms with Gasteiger partial charge in [0.25, 0.3) is 0 Å². The maximum atomic E-state index is 10.9. The summed E-state index contributed by atoms with van der Waals surface area (Å²) < 4.78 is 9.09. The molecule has 6 heteroatoms. The third-order valence-corrected chi connectivity index (χ3v) is 1.41. The molecule has 1 N–H and O–H groups in total. The standard InChI is InChI=1S/C10H12O6/c1-3-8(11)15-4-5-16-9(12)6-7(2)10(13)14/h3,6H,1,4-5H2,2H3,(H,13,14)/b7-6-. The molecular weight excluding hydrogens is 216 g/mol. The van der Waals surface area contributed by atoms with Crippen LogP contribution >= 0.6 is 0 Å². The van der Waals surface area contributed by atoms with E-state index >= 15 is 0 Å². The molecule has 0 unspecified atom stereocenters. The molecule has 0 rings (SSSR count). The monoisotopic (exact) mass is 228 g/mol. The molecule has 0 saturated heterocycles. The summed E-state index contributed by atoms with van der Waals surface area (Å²) in [5, 5.41) is 8.45. The van der Waals surface area contributed by atoms with E-state index in [2.05, 4.69) is 16.1 Å². The third-order valence-electron chi connectivity index (χ3n) is 1.41. The van der Waals surface area contributed by atoms with E-state index in [0.717, 1.165) is 12.2 Å². The summed E-state index contributed by atoms with van der Waals surface area (Å²) in [6.07, 6.45) is 1.83. The molecule has 0 aliphatic heterocycles. The summed E-state index contributed by atoms with van der Waals surface area (Å²) in [5.41, 5.74) is -0.131. The second-order valence-electron chi connectivity index (χ2n) is 2.67. The van der Waals surface area contributed by atoms with Crippen LogP contribution in [-0.2, 0) is 23.9 Å². The maximum absolute atomic E-state index is 10.9. The zero-order valence-corrected chi connectivity index (χ0v) is 8.76. The fourth-order valence-corrected chi connectivity index (χ4v) is 0.624. The Morgan fingerprint density at radius 1 is 1.19 bits per heavy atom. The second-order valence-corrected chi connectivity index (χ2v) is 2.67. The number of carbonyl (C=O) groups excluding carboxylic acids is 2. The van der Waals surface area contributed by atoms with Gasteiger partial charge in [0.1, 0.15) is 13.2 Å². The van der Waals surface area contributed by atoms with Gasteiger partial charge in [0, 0.05) is 17.7 Å². The summed E-state index contributed by atoms with van der Waals surface area (Å²) in [5.74, 6) is -2.61. The van der Waals surface area contributed by atoms with Gasteiger partial charge in [0.15, 0.2) is 0 Å². The Morgan fingerprint density at radius 3 is 2.12 bits per heavy atom. The zero-order chi connectivity index (χ0) is 12.6. The van der Waals surface area contributed by atoms with E-state index < -0.39 is 17.9 Å². The van der Waals surface area contributed by atoms with E-state index in [0.29, 0.717) is 0 Å². The lowest BCUT2D eigenvalue weighted by Gasteiger charge is -2.02. The highest BCUT2D eigenvalue weighted by molar-refractivity contribution is 5.94. The average molecular weight is 228 g/mol. The molecule has 0 radical (unpaired) electrons. The molecule has 16 heavy (non-hydrogen) atoms. The van der Waals surface area contributed by atoms with Gasteiger partial charge >= 0.3 is 17.9 Å². The van der Waals surface area contributed by atoms with Crippen LogP contribution in [0.5, 0.6) is 0 Å². The summed E-state index contributed by atoms with van der Waals surface area (Å²) in [6, 6.07) is 0. The number of rotatable bonds is 6. The van der Waals surface area contributed by atoms with Gasteiger partial charge in [-0.25, -0.2) is 14.4 Å². The molecule has 0 aromatic carbocycles. The number of hydrogen-bond donors (Lipinski definition) is 1. The molecular formula is C10H12O6. The Kier molecular flexibility index (Phi) is 6.27. The highest BCUT2D eigenvalue weighted by Gasteiger charge is 2.05. The lowest BCUT2D eigenvalue weighted by molar-refractivity contribution is -0.146. The van der Waals surface area contributed by atoms with Crippen molar-refractivity contribution in [1.82, 2.24) is 0 Å². The molecule has 0 amide bonds. The van der Waals surface area contributed by atoms with Crippen molar-refractivity contribution in [2.45, 2.75) is 6.92 Å². The van der Waals surface area contributed by atoms with Crippen LogP contribution in [0.15, 0.2) is 24.3 Å². The smallest absolute Gasteiger partial charge is 0.331 e. The fourth-order valence-electron chi connectivity index (χ4n) is 0.624. The largest absolute Gasteiger partial charge is 0.478 e. The maximum Gasteiger partial charge on any atom is 0.331 e. The Bertz CT molecular complexity index is 328. The van der Waals surface area contributed by atoms with Crippen molar-refractivity contribution in [2.75, 3.05) is 13.2 Å². The number of hydrogen-bond acceptors (Lipinski definition) is 5. The normalized spacial score (nSPS) is 10.4. The second kappa shape index (κ2) is 7.22. The number of esters is 2. The summed E-state index contributed by atoms with van der Waals surface area (Å²) in [7, 11) is 0. The van der Waals surface area contributed by atoms with Crippen molar-refractivity contribution in [2.24, 2.45) is 0 Å². The van der Waals surface area contributed by atoms with E-state index in [1.165, 1.54) is 6.92 Å². The summed E-state index contributed by atoms with van der Waals surface area (Å²) in [6.45, 7) is 4.20. The minimum absolute atomic E-state index is 0.101. The Hall–Kier alpha value is -2.11. The number of aliphatic carboxylic acids is 1. The molecule has 0 atom stereocenters. The van der Waals surface area contributed by atoms with Gasteiger partial charge in [-0.1, -0.05) is 6.58 Å². The Morgan fingerprint density at radius 2 is 1.69 bits per heavy atom. The quantitative estimate of drug-likeness (QED) is 0.399. The molecule has 0 aliphatic carbocycles. The first-order valence-electron chi connectivity index (χ1n) is 4.35. The van der Waals surface area contributed by atoms with Crippen LogP contribution in [0.3, 0.4) is 0 Å². The fraction of sp³-hybridized carbons (Fsp3) is 0.300. The molecule has 0 fully saturated rings. The van der Waals surface area contributed by atoms with Crippen molar-refractivity contribution < 1.29 is 29.0 Å². The molecule has 0 saturated carbocycles. The van der Waals surface area contributed by atoms with Gasteiger partial charge in [0.05, 0.1) is 0 Å². The third kappa shape index (κ3) is 6.36. The predicted octanol–water partition coefficient (Wildman–Crippen LogP) is 0.290. The lowest BCUT2D eigenvalue weighted by Crippen LogP contribution is -2.12. The number of carbonyl (C=O) groups is 3. The Labute approximate surface area is 92.2 Å². The minimum atomic E-state index is -1.20.